The van der Waals surface area contributed by atoms with Crippen molar-refractivity contribution >= 4 is 34.8 Å². The summed E-state index contributed by atoms with van der Waals surface area (Å²) in [6.45, 7) is 3.51. The predicted molar refractivity (Wildman–Crippen MR) is 154 cm³/mol. The Morgan fingerprint density at radius 1 is 0.854 bits per heavy atom. The third kappa shape index (κ3) is 4.20. The van der Waals surface area contributed by atoms with Crippen molar-refractivity contribution in [3.63, 3.8) is 0 Å². The van der Waals surface area contributed by atoms with E-state index >= 15 is 0 Å². The summed E-state index contributed by atoms with van der Waals surface area (Å²) in [5, 5.41) is 14.5. The molecule has 10 nitrogen and oxygen atoms in total. The van der Waals surface area contributed by atoms with E-state index in [4.69, 9.17) is 4.74 Å². The molecule has 208 valence electrons. The molecule has 4 aromatic rings. The molecule has 2 heterocycles. The average Bonchev–Trinajstić information content (AvgIpc) is 3.34. The number of nitrogens with zero attached hydrogens (tertiary/aromatic N) is 3. The fraction of sp³-hybridized carbons (Fsp3) is 0.161. The molecule has 2 N–H and O–H groups in total. The Balaban J connectivity index is 1.85. The number of methoxy groups -OCH3 is 1. The number of ketones is 1. The normalized spacial score (nSPS) is 18.0. The number of rotatable bonds is 6. The molecule has 1 aliphatic rings. The molecule has 1 amide bonds. The number of hydrogen-bond acceptors (Lipinski definition) is 7. The Bertz CT molecular complexity index is 1750. The van der Waals surface area contributed by atoms with Crippen LogP contribution in [0.15, 0.2) is 95.3 Å². The third-order valence-corrected chi connectivity index (χ3v) is 7.24. The second-order valence-corrected chi connectivity index (χ2v) is 9.66. The van der Waals surface area contributed by atoms with E-state index in [2.05, 4.69) is 5.32 Å². The molecule has 0 radical (unpaired) electrons. The molecular formula is C31H28N4O6. The molecular weight excluding hydrogens is 524 g/mol. The van der Waals surface area contributed by atoms with Gasteiger partial charge in [0.15, 0.2) is 0 Å². The summed E-state index contributed by atoms with van der Waals surface area (Å²) >= 11 is 0. The maximum Gasteiger partial charge on any atom is 0.358 e. The smallest absolute Gasteiger partial charge is 0.358 e. The van der Waals surface area contributed by atoms with Gasteiger partial charge in [-0.2, -0.15) is 0 Å². The van der Waals surface area contributed by atoms with Crippen LogP contribution in [-0.2, 0) is 26.2 Å². The molecule has 1 aromatic heterocycles. The highest BCUT2D eigenvalue weighted by molar-refractivity contribution is 6.54. The number of carbonyl (C=O) groups excluding carboxylic acids is 3. The molecule has 0 aliphatic carbocycles. The van der Waals surface area contributed by atoms with Crippen LogP contribution in [0.1, 0.15) is 16.8 Å². The first kappa shape index (κ1) is 27.2. The van der Waals surface area contributed by atoms with Crippen LogP contribution >= 0.6 is 0 Å². The summed E-state index contributed by atoms with van der Waals surface area (Å²) in [5.41, 5.74) is -1.39. The number of aliphatic hydroxyl groups is 1. The highest BCUT2D eigenvalue weighted by Gasteiger charge is 2.64. The second kappa shape index (κ2) is 10.3. The van der Waals surface area contributed by atoms with Crippen LogP contribution in [0.3, 0.4) is 0 Å². The number of aromatic nitrogens is 2. The molecule has 10 heteroatoms. The number of carbonyl (C=O) groups is 3. The van der Waals surface area contributed by atoms with Crippen molar-refractivity contribution in [1.82, 2.24) is 9.36 Å². The van der Waals surface area contributed by atoms with Gasteiger partial charge < -0.3 is 15.2 Å². The van der Waals surface area contributed by atoms with Crippen molar-refractivity contribution in [2.24, 2.45) is 7.05 Å². The van der Waals surface area contributed by atoms with Crippen LogP contribution in [-0.4, -0.2) is 44.9 Å². The topological polar surface area (TPSA) is 123 Å². The SMILES string of the molecule is COC(=O)C1(Nc2c(C)n(C)n(-c3ccccc3)c2=O)C(=C(O)c2ccc(C)cc2)C(=O)C(=O)N1c1ccccc1. The van der Waals surface area contributed by atoms with E-state index in [0.717, 1.165) is 17.6 Å². The van der Waals surface area contributed by atoms with Gasteiger partial charge in [0.2, 0.25) is 0 Å². The first-order valence-corrected chi connectivity index (χ1v) is 12.8. The molecule has 41 heavy (non-hydrogen) atoms. The quantitative estimate of drug-likeness (QED) is 0.162. The van der Waals surface area contributed by atoms with Gasteiger partial charge in [0.05, 0.1) is 18.5 Å². The van der Waals surface area contributed by atoms with Crippen LogP contribution < -0.4 is 15.8 Å². The van der Waals surface area contributed by atoms with Crippen molar-refractivity contribution in [1.29, 1.82) is 0 Å². The van der Waals surface area contributed by atoms with Crippen molar-refractivity contribution in [2.75, 3.05) is 17.3 Å². The zero-order valence-electron chi connectivity index (χ0n) is 22.9. The number of aryl methyl sites for hydroxylation is 1. The molecule has 1 aliphatic heterocycles. The number of ether oxygens (including phenoxy) is 1. The molecule has 1 saturated heterocycles. The first-order valence-electron chi connectivity index (χ1n) is 12.8. The van der Waals surface area contributed by atoms with Crippen molar-refractivity contribution in [2.45, 2.75) is 19.5 Å². The van der Waals surface area contributed by atoms with E-state index < -0.39 is 40.2 Å². The van der Waals surface area contributed by atoms with Crippen LogP contribution in [0.25, 0.3) is 11.4 Å². The molecule has 0 saturated carbocycles. The van der Waals surface area contributed by atoms with Gasteiger partial charge in [-0.25, -0.2) is 9.48 Å². The zero-order valence-corrected chi connectivity index (χ0v) is 22.9. The summed E-state index contributed by atoms with van der Waals surface area (Å²) in [4.78, 5) is 56.1. The van der Waals surface area contributed by atoms with Crippen molar-refractivity contribution in [3.05, 3.63) is 118 Å². The van der Waals surface area contributed by atoms with E-state index in [1.807, 2.05) is 13.0 Å². The number of amides is 1. The highest BCUT2D eigenvalue weighted by Crippen LogP contribution is 2.42. The van der Waals surface area contributed by atoms with Crippen molar-refractivity contribution in [3.8, 4) is 5.69 Å². The molecule has 0 spiro atoms. The average molecular weight is 553 g/mol. The van der Waals surface area contributed by atoms with Gasteiger partial charge in [-0.1, -0.05) is 66.2 Å². The number of para-hydroxylation sites is 2. The van der Waals surface area contributed by atoms with Crippen LogP contribution in [0.5, 0.6) is 0 Å². The number of esters is 1. The minimum Gasteiger partial charge on any atom is -0.507 e. The predicted octanol–water partition coefficient (Wildman–Crippen LogP) is 3.66. The third-order valence-electron chi connectivity index (χ3n) is 7.24. The monoisotopic (exact) mass is 552 g/mol. The molecule has 1 atom stereocenters. The summed E-state index contributed by atoms with van der Waals surface area (Å²) < 4.78 is 8.16. The second-order valence-electron chi connectivity index (χ2n) is 9.66. The molecule has 1 fully saturated rings. The fourth-order valence-corrected chi connectivity index (χ4v) is 5.06. The lowest BCUT2D eigenvalue weighted by Crippen LogP contribution is -2.60. The van der Waals surface area contributed by atoms with E-state index in [1.54, 1.807) is 85.4 Å². The van der Waals surface area contributed by atoms with Gasteiger partial charge in [-0.15, -0.1) is 0 Å². The minimum absolute atomic E-state index is 0.0700. The minimum atomic E-state index is -2.43. The molecule has 3 aromatic carbocycles. The standard InChI is InChI=1S/C31H28N4O6/c1-19-15-17-21(18-16-19)26(36)24-27(37)29(39)34(22-11-7-5-8-12-22)31(24,30(40)41-4)32-25-20(2)33(3)35(28(25)38)23-13-9-6-10-14-23/h5-18,32,36H,1-4H3. The van der Waals surface area contributed by atoms with Gasteiger partial charge in [0.25, 0.3) is 17.0 Å². The Labute approximate surface area is 235 Å². The summed E-state index contributed by atoms with van der Waals surface area (Å²) in [5.74, 6) is -3.89. The number of aliphatic hydroxyl groups excluding tert-OH is 1. The number of anilines is 2. The lowest BCUT2D eigenvalue weighted by molar-refractivity contribution is -0.145. The van der Waals surface area contributed by atoms with E-state index in [0.29, 0.717) is 11.4 Å². The first-order chi connectivity index (χ1) is 19.6. The Morgan fingerprint density at radius 2 is 1.41 bits per heavy atom. The summed E-state index contributed by atoms with van der Waals surface area (Å²) in [6, 6.07) is 23.5. The van der Waals surface area contributed by atoms with E-state index in [-0.39, 0.29) is 16.9 Å². The van der Waals surface area contributed by atoms with Crippen molar-refractivity contribution < 1.29 is 24.2 Å². The highest BCUT2D eigenvalue weighted by atomic mass is 16.5. The van der Waals surface area contributed by atoms with Crippen LogP contribution in [0.4, 0.5) is 11.4 Å². The number of benzene rings is 3. The van der Waals surface area contributed by atoms with Crippen LogP contribution in [0.2, 0.25) is 0 Å². The Kier molecular flexibility index (Phi) is 6.84. The maximum absolute atomic E-state index is 13.9. The number of Topliss-reactive ketones (excluding diaryl/α,β-unsaturated/α-hetero) is 1. The lowest BCUT2D eigenvalue weighted by Gasteiger charge is -2.36. The van der Waals surface area contributed by atoms with Gasteiger partial charge >= 0.3 is 11.9 Å². The number of nitrogens with one attached hydrogen (secondary N) is 1. The van der Waals surface area contributed by atoms with Gasteiger partial charge in [-0.3, -0.25) is 24.0 Å². The maximum atomic E-state index is 13.9. The largest absolute Gasteiger partial charge is 0.507 e. The lowest BCUT2D eigenvalue weighted by atomic mass is 9.93. The Morgan fingerprint density at radius 3 is 1.98 bits per heavy atom. The summed E-state index contributed by atoms with van der Waals surface area (Å²) in [7, 11) is 2.77. The van der Waals surface area contributed by atoms with Gasteiger partial charge in [0.1, 0.15) is 17.0 Å². The fourth-order valence-electron chi connectivity index (χ4n) is 5.06. The zero-order chi connectivity index (χ0) is 29.5. The van der Waals surface area contributed by atoms with E-state index in [9.17, 15) is 24.3 Å². The number of hydrogen-bond donors (Lipinski definition) is 2. The Hall–Kier alpha value is -5.38. The van der Waals surface area contributed by atoms with E-state index in [1.165, 1.54) is 16.8 Å². The van der Waals surface area contributed by atoms with Gasteiger partial charge in [-0.05, 0) is 38.1 Å². The molecule has 0 bridgehead atoms. The molecule has 1 unspecified atom stereocenters. The van der Waals surface area contributed by atoms with Gasteiger partial charge in [0, 0.05) is 18.3 Å². The summed E-state index contributed by atoms with van der Waals surface area (Å²) in [6.07, 6.45) is 0. The molecule has 5 rings (SSSR count). The van der Waals surface area contributed by atoms with Crippen LogP contribution in [0, 0.1) is 13.8 Å².